The van der Waals surface area contributed by atoms with Crippen LogP contribution in [0, 0.1) is 11.3 Å². The van der Waals surface area contributed by atoms with Crippen LogP contribution in [0.3, 0.4) is 0 Å². The Balaban J connectivity index is 1.43. The summed E-state index contributed by atoms with van der Waals surface area (Å²) in [5.41, 5.74) is 0.251. The molecule has 0 radical (unpaired) electrons. The first-order valence-electron chi connectivity index (χ1n) is 10.2. The van der Waals surface area contributed by atoms with Gasteiger partial charge in [-0.25, -0.2) is 4.98 Å². The van der Waals surface area contributed by atoms with E-state index in [-0.39, 0.29) is 17.2 Å². The van der Waals surface area contributed by atoms with Gasteiger partial charge in [0.05, 0.1) is 11.0 Å². The maximum Gasteiger partial charge on any atom is 0.255 e. The molecule has 1 aliphatic carbocycles. The molecule has 1 spiro atoms. The molecule has 1 atom stereocenters. The Morgan fingerprint density at radius 2 is 2.04 bits per heavy atom. The van der Waals surface area contributed by atoms with Gasteiger partial charge in [-0.1, -0.05) is 6.42 Å². The van der Waals surface area contributed by atoms with Gasteiger partial charge in [-0.2, -0.15) is 0 Å². The van der Waals surface area contributed by atoms with E-state index >= 15 is 0 Å². The third-order valence-corrected chi connectivity index (χ3v) is 6.62. The molecule has 3 fully saturated rings. The Labute approximate surface area is 161 Å². The minimum absolute atomic E-state index is 0.00593. The van der Waals surface area contributed by atoms with E-state index in [1.54, 1.807) is 6.20 Å². The molecule has 0 unspecified atom stereocenters. The zero-order chi connectivity index (χ0) is 19.0. The van der Waals surface area contributed by atoms with Crippen molar-refractivity contribution in [1.29, 1.82) is 0 Å². The molecule has 0 bridgehead atoms. The second kappa shape index (κ2) is 7.13. The highest BCUT2D eigenvalue weighted by Gasteiger charge is 2.49. The van der Waals surface area contributed by atoms with Crippen molar-refractivity contribution in [3.05, 3.63) is 23.9 Å². The minimum Gasteiger partial charge on any atom is -0.363 e. The van der Waals surface area contributed by atoms with Gasteiger partial charge in [0, 0.05) is 46.5 Å². The largest absolute Gasteiger partial charge is 0.363 e. The second-order valence-corrected chi connectivity index (χ2v) is 8.71. The van der Waals surface area contributed by atoms with Crippen LogP contribution in [0.1, 0.15) is 48.9 Å². The van der Waals surface area contributed by atoms with Gasteiger partial charge < -0.3 is 14.7 Å². The lowest BCUT2D eigenvalue weighted by atomic mass is 9.77. The normalized spacial score (nSPS) is 25.8. The summed E-state index contributed by atoms with van der Waals surface area (Å²) in [5.74, 6) is 1.81. The first kappa shape index (κ1) is 18.3. The quantitative estimate of drug-likeness (QED) is 0.817. The number of nitrogens with zero attached hydrogens (tertiary/aromatic N) is 4. The maximum atomic E-state index is 13.2. The van der Waals surface area contributed by atoms with Crippen LogP contribution in [0.4, 0.5) is 5.82 Å². The number of carbonyl (C=O) groups excluding carboxylic acids is 2. The first-order chi connectivity index (χ1) is 13.0. The topological polar surface area (TPSA) is 56.8 Å². The fraction of sp³-hybridized carbons (Fsp3) is 0.667. The number of piperidine rings is 1. The molecule has 0 N–H and O–H groups in total. The first-order valence-corrected chi connectivity index (χ1v) is 10.2. The van der Waals surface area contributed by atoms with Crippen molar-refractivity contribution in [2.45, 2.75) is 38.5 Å². The summed E-state index contributed by atoms with van der Waals surface area (Å²) in [6.45, 7) is 3.03. The highest BCUT2D eigenvalue weighted by atomic mass is 16.2. The summed E-state index contributed by atoms with van der Waals surface area (Å²) in [6.07, 6.45) is 8.24. The van der Waals surface area contributed by atoms with E-state index in [1.165, 1.54) is 19.3 Å². The summed E-state index contributed by atoms with van der Waals surface area (Å²) < 4.78 is 0. The Kier molecular flexibility index (Phi) is 4.82. The lowest BCUT2D eigenvalue weighted by molar-refractivity contribution is -0.146. The van der Waals surface area contributed by atoms with Gasteiger partial charge in [-0.3, -0.25) is 9.59 Å². The van der Waals surface area contributed by atoms with Crippen LogP contribution in [0.15, 0.2) is 18.3 Å². The van der Waals surface area contributed by atoms with Crippen LogP contribution >= 0.6 is 0 Å². The Morgan fingerprint density at radius 3 is 2.67 bits per heavy atom. The molecule has 146 valence electrons. The van der Waals surface area contributed by atoms with Crippen molar-refractivity contribution in [3.63, 3.8) is 0 Å². The zero-order valence-electron chi connectivity index (χ0n) is 16.5. The van der Waals surface area contributed by atoms with E-state index < -0.39 is 0 Å². The van der Waals surface area contributed by atoms with Gasteiger partial charge in [0.2, 0.25) is 5.91 Å². The molecule has 1 aromatic rings. The van der Waals surface area contributed by atoms with Gasteiger partial charge in [0.15, 0.2) is 0 Å². The molecule has 1 saturated carbocycles. The third-order valence-electron chi connectivity index (χ3n) is 6.62. The minimum atomic E-state index is -0.353. The Bertz CT molecular complexity index is 713. The fourth-order valence-corrected chi connectivity index (χ4v) is 4.70. The number of pyridine rings is 1. The highest BCUT2D eigenvalue weighted by Crippen LogP contribution is 2.41. The molecule has 6 heteroatoms. The number of hydrogen-bond acceptors (Lipinski definition) is 4. The van der Waals surface area contributed by atoms with Crippen molar-refractivity contribution >= 4 is 17.6 Å². The van der Waals surface area contributed by atoms with Gasteiger partial charge in [-0.15, -0.1) is 0 Å². The molecule has 2 aliphatic heterocycles. The molecular formula is C21H30N4O2. The van der Waals surface area contributed by atoms with Gasteiger partial charge in [0.25, 0.3) is 5.91 Å². The van der Waals surface area contributed by atoms with Gasteiger partial charge in [0.1, 0.15) is 5.82 Å². The summed E-state index contributed by atoms with van der Waals surface area (Å²) >= 11 is 0. The molecular weight excluding hydrogens is 340 g/mol. The summed E-state index contributed by atoms with van der Waals surface area (Å²) in [4.78, 5) is 36.4. The van der Waals surface area contributed by atoms with Crippen molar-refractivity contribution in [3.8, 4) is 0 Å². The number of aromatic nitrogens is 1. The smallest absolute Gasteiger partial charge is 0.255 e. The second-order valence-electron chi connectivity index (χ2n) is 8.71. The van der Waals surface area contributed by atoms with Gasteiger partial charge >= 0.3 is 0 Å². The molecule has 1 aromatic heterocycles. The molecule has 27 heavy (non-hydrogen) atoms. The molecule has 3 aliphatic rings. The molecule has 6 nitrogen and oxygen atoms in total. The average molecular weight is 370 g/mol. The number of hydrogen-bond donors (Lipinski definition) is 0. The van der Waals surface area contributed by atoms with Crippen molar-refractivity contribution in [2.24, 2.45) is 11.3 Å². The van der Waals surface area contributed by atoms with E-state index in [0.29, 0.717) is 24.6 Å². The zero-order valence-corrected chi connectivity index (χ0v) is 16.5. The Morgan fingerprint density at radius 1 is 1.22 bits per heavy atom. The van der Waals surface area contributed by atoms with E-state index in [0.717, 1.165) is 38.2 Å². The molecule has 2 amide bonds. The van der Waals surface area contributed by atoms with Crippen LogP contribution in [0.2, 0.25) is 0 Å². The average Bonchev–Trinajstić information content (AvgIpc) is 3.06. The van der Waals surface area contributed by atoms with E-state index in [9.17, 15) is 9.59 Å². The predicted molar refractivity (Wildman–Crippen MR) is 105 cm³/mol. The SMILES string of the molecule is CN(C)c1ccc(C(=O)N2CC[C@]3(CCCN(CC4CCC4)C3=O)C2)cn1. The standard InChI is InChI=1S/C21H30N4O2/c1-23(2)18-8-7-17(13-22-18)19(26)25-12-10-21(15-25)9-4-11-24(20(21)27)14-16-5-3-6-16/h7-8,13,16H,3-6,9-12,14-15H2,1-2H3/t21-/m1/s1. The van der Waals surface area contributed by atoms with Crippen LogP contribution < -0.4 is 4.90 Å². The number of anilines is 1. The van der Waals surface area contributed by atoms with Crippen LogP contribution in [0.5, 0.6) is 0 Å². The molecule has 4 rings (SSSR count). The van der Waals surface area contributed by atoms with Crippen LogP contribution in [0.25, 0.3) is 0 Å². The molecule has 3 heterocycles. The van der Waals surface area contributed by atoms with Crippen LogP contribution in [-0.4, -0.2) is 66.9 Å². The number of carbonyl (C=O) groups is 2. The summed E-state index contributed by atoms with van der Waals surface area (Å²) in [7, 11) is 3.86. The van der Waals surface area contributed by atoms with Crippen molar-refractivity contribution in [1.82, 2.24) is 14.8 Å². The van der Waals surface area contributed by atoms with E-state index in [2.05, 4.69) is 9.88 Å². The lowest BCUT2D eigenvalue weighted by Gasteiger charge is -2.42. The number of rotatable bonds is 4. The monoisotopic (exact) mass is 370 g/mol. The van der Waals surface area contributed by atoms with Crippen LogP contribution in [-0.2, 0) is 4.79 Å². The van der Waals surface area contributed by atoms with Gasteiger partial charge in [-0.05, 0) is 50.2 Å². The molecule has 2 saturated heterocycles. The summed E-state index contributed by atoms with van der Waals surface area (Å²) in [6, 6.07) is 3.70. The van der Waals surface area contributed by atoms with Crippen molar-refractivity contribution in [2.75, 3.05) is 45.2 Å². The lowest BCUT2D eigenvalue weighted by Crippen LogP contribution is -2.52. The number of likely N-dealkylation sites (tertiary alicyclic amines) is 2. The third kappa shape index (κ3) is 3.42. The van der Waals surface area contributed by atoms with Crippen molar-refractivity contribution < 1.29 is 9.59 Å². The predicted octanol–water partition coefficient (Wildman–Crippen LogP) is 2.40. The highest BCUT2D eigenvalue weighted by molar-refractivity contribution is 5.95. The van der Waals surface area contributed by atoms with E-state index in [1.807, 2.05) is 36.0 Å². The van der Waals surface area contributed by atoms with E-state index in [4.69, 9.17) is 0 Å². The maximum absolute atomic E-state index is 13.2. The number of amides is 2. The Hall–Kier alpha value is -2.11. The molecule has 0 aromatic carbocycles. The summed E-state index contributed by atoms with van der Waals surface area (Å²) in [5, 5.41) is 0. The fourth-order valence-electron chi connectivity index (χ4n) is 4.70.